The van der Waals surface area contributed by atoms with E-state index in [4.69, 9.17) is 10.5 Å². The number of fused-ring (bicyclic) bond motifs is 1. The van der Waals surface area contributed by atoms with Crippen LogP contribution >= 0.6 is 0 Å². The Morgan fingerprint density at radius 2 is 2.27 bits per heavy atom. The molecule has 80 valence electrons. The molecule has 0 saturated carbocycles. The lowest BCUT2D eigenvalue weighted by molar-refractivity contribution is 0.0905. The van der Waals surface area contributed by atoms with Crippen LogP contribution < -0.4 is 11.1 Å². The Labute approximate surface area is 88.4 Å². The van der Waals surface area contributed by atoms with E-state index in [1.165, 1.54) is 12.6 Å². The first kappa shape index (κ1) is 9.98. The van der Waals surface area contributed by atoms with E-state index in [0.29, 0.717) is 0 Å². The van der Waals surface area contributed by atoms with Crippen LogP contribution in [0.15, 0.2) is 24.3 Å². The van der Waals surface area contributed by atoms with Crippen molar-refractivity contribution in [1.82, 2.24) is 5.32 Å². The van der Waals surface area contributed by atoms with Crippen molar-refractivity contribution in [2.45, 2.75) is 18.6 Å². The Hall–Kier alpha value is -1.55. The molecule has 0 aromatic heterocycles. The second-order valence-corrected chi connectivity index (χ2v) is 3.64. The smallest absolute Gasteiger partial charge is 0.407 e. The average molecular weight is 206 g/mol. The number of rotatable bonds is 1. The fourth-order valence-electron chi connectivity index (χ4n) is 1.91. The topological polar surface area (TPSA) is 64.3 Å². The molecule has 1 aliphatic rings. The highest BCUT2D eigenvalue weighted by Gasteiger charge is 2.32. The minimum Gasteiger partial charge on any atom is -0.440 e. The SMILES string of the molecule is CNC(=O)O[C@H]1c2ccccc2C[C@@H]1N. The zero-order chi connectivity index (χ0) is 10.8. The molecule has 0 saturated heterocycles. The zero-order valence-corrected chi connectivity index (χ0v) is 8.57. The molecule has 1 aromatic rings. The number of nitrogens with one attached hydrogen (secondary N) is 1. The molecule has 2 atom stereocenters. The Kier molecular flexibility index (Phi) is 2.60. The summed E-state index contributed by atoms with van der Waals surface area (Å²) in [5.41, 5.74) is 8.11. The van der Waals surface area contributed by atoms with Gasteiger partial charge in [0.15, 0.2) is 0 Å². The molecule has 0 radical (unpaired) electrons. The van der Waals surface area contributed by atoms with Gasteiger partial charge in [0, 0.05) is 7.05 Å². The lowest BCUT2D eigenvalue weighted by Gasteiger charge is -2.17. The quantitative estimate of drug-likeness (QED) is 0.719. The average Bonchev–Trinajstić information content (AvgIpc) is 2.55. The van der Waals surface area contributed by atoms with E-state index < -0.39 is 6.09 Å². The predicted octanol–water partition coefficient (Wildman–Crippen LogP) is 0.967. The first-order valence-electron chi connectivity index (χ1n) is 4.94. The Morgan fingerprint density at radius 3 is 3.00 bits per heavy atom. The van der Waals surface area contributed by atoms with Crippen molar-refractivity contribution < 1.29 is 9.53 Å². The number of nitrogens with two attached hydrogens (primary N) is 1. The van der Waals surface area contributed by atoms with Crippen molar-refractivity contribution in [3.63, 3.8) is 0 Å². The van der Waals surface area contributed by atoms with E-state index in [1.54, 1.807) is 0 Å². The summed E-state index contributed by atoms with van der Waals surface area (Å²) in [5.74, 6) is 0. The number of hydrogen-bond acceptors (Lipinski definition) is 3. The van der Waals surface area contributed by atoms with Gasteiger partial charge in [-0.2, -0.15) is 0 Å². The third-order valence-corrected chi connectivity index (χ3v) is 2.64. The number of ether oxygens (including phenoxy) is 1. The number of carbonyl (C=O) groups is 1. The monoisotopic (exact) mass is 206 g/mol. The van der Waals surface area contributed by atoms with Crippen LogP contribution in [-0.2, 0) is 11.2 Å². The van der Waals surface area contributed by atoms with Gasteiger partial charge in [0.2, 0.25) is 0 Å². The first-order valence-corrected chi connectivity index (χ1v) is 4.94. The molecular formula is C11H14N2O2. The minimum atomic E-state index is -0.438. The molecular weight excluding hydrogens is 192 g/mol. The van der Waals surface area contributed by atoms with E-state index in [9.17, 15) is 4.79 Å². The molecule has 4 nitrogen and oxygen atoms in total. The van der Waals surface area contributed by atoms with Gasteiger partial charge in [-0.3, -0.25) is 0 Å². The maximum atomic E-state index is 11.1. The van der Waals surface area contributed by atoms with Crippen LogP contribution in [0.25, 0.3) is 0 Å². The molecule has 0 bridgehead atoms. The summed E-state index contributed by atoms with van der Waals surface area (Å²) in [6.07, 6.45) is 0.00554. The summed E-state index contributed by atoms with van der Waals surface area (Å²) in [5, 5.41) is 2.43. The second-order valence-electron chi connectivity index (χ2n) is 3.64. The third-order valence-electron chi connectivity index (χ3n) is 2.64. The van der Waals surface area contributed by atoms with Gasteiger partial charge in [-0.25, -0.2) is 4.79 Å². The summed E-state index contributed by atoms with van der Waals surface area (Å²) >= 11 is 0. The summed E-state index contributed by atoms with van der Waals surface area (Å²) in [4.78, 5) is 11.1. The van der Waals surface area contributed by atoms with E-state index in [-0.39, 0.29) is 12.1 Å². The summed E-state index contributed by atoms with van der Waals surface area (Å²) in [6, 6.07) is 7.73. The molecule has 1 amide bonds. The standard InChI is InChI=1S/C11H14N2O2/c1-13-11(14)15-10-8-5-3-2-4-7(8)6-9(10)12/h2-5,9-10H,6,12H2,1H3,(H,13,14)/t9-,10-/m0/s1. The van der Waals surface area contributed by atoms with Gasteiger partial charge in [-0.1, -0.05) is 24.3 Å². The van der Waals surface area contributed by atoms with Gasteiger partial charge >= 0.3 is 6.09 Å². The van der Waals surface area contributed by atoms with Crippen LogP contribution in [0.3, 0.4) is 0 Å². The van der Waals surface area contributed by atoms with Gasteiger partial charge in [0.05, 0.1) is 6.04 Å². The highest BCUT2D eigenvalue weighted by atomic mass is 16.6. The summed E-state index contributed by atoms with van der Waals surface area (Å²) in [7, 11) is 1.54. The molecule has 4 heteroatoms. The molecule has 0 heterocycles. The maximum Gasteiger partial charge on any atom is 0.407 e. The van der Waals surface area contributed by atoms with E-state index in [2.05, 4.69) is 5.32 Å². The van der Waals surface area contributed by atoms with E-state index in [1.807, 2.05) is 24.3 Å². The van der Waals surface area contributed by atoms with Crippen molar-refractivity contribution >= 4 is 6.09 Å². The van der Waals surface area contributed by atoms with Crippen molar-refractivity contribution in [1.29, 1.82) is 0 Å². The Morgan fingerprint density at radius 1 is 1.53 bits per heavy atom. The maximum absolute atomic E-state index is 11.1. The third kappa shape index (κ3) is 1.80. The molecule has 2 rings (SSSR count). The predicted molar refractivity (Wildman–Crippen MR) is 56.4 cm³/mol. The fraction of sp³-hybridized carbons (Fsp3) is 0.364. The van der Waals surface area contributed by atoms with Crippen LogP contribution in [0, 0.1) is 0 Å². The van der Waals surface area contributed by atoms with Crippen LogP contribution in [0.2, 0.25) is 0 Å². The summed E-state index contributed by atoms with van der Waals surface area (Å²) < 4.78 is 5.22. The normalized spacial score (nSPS) is 23.3. The molecule has 0 unspecified atom stereocenters. The second kappa shape index (κ2) is 3.90. The van der Waals surface area contributed by atoms with Gasteiger partial charge in [-0.15, -0.1) is 0 Å². The van der Waals surface area contributed by atoms with Crippen LogP contribution in [0.5, 0.6) is 0 Å². The largest absolute Gasteiger partial charge is 0.440 e. The summed E-state index contributed by atoms with van der Waals surface area (Å²) in [6.45, 7) is 0. The Balaban J connectivity index is 2.22. The molecule has 15 heavy (non-hydrogen) atoms. The highest BCUT2D eigenvalue weighted by molar-refractivity contribution is 5.67. The lowest BCUT2D eigenvalue weighted by atomic mass is 10.1. The fourth-order valence-corrected chi connectivity index (χ4v) is 1.91. The van der Waals surface area contributed by atoms with Crippen molar-refractivity contribution in [3.05, 3.63) is 35.4 Å². The van der Waals surface area contributed by atoms with Crippen LogP contribution in [0.1, 0.15) is 17.2 Å². The number of alkyl carbamates (subject to hydrolysis) is 1. The molecule has 3 N–H and O–H groups in total. The highest BCUT2D eigenvalue weighted by Crippen LogP contribution is 2.32. The zero-order valence-electron chi connectivity index (χ0n) is 8.57. The minimum absolute atomic E-state index is 0.139. The molecule has 1 aromatic carbocycles. The van der Waals surface area contributed by atoms with Crippen molar-refractivity contribution in [3.8, 4) is 0 Å². The van der Waals surface area contributed by atoms with Crippen LogP contribution in [-0.4, -0.2) is 19.2 Å². The molecule has 1 aliphatic carbocycles. The lowest BCUT2D eigenvalue weighted by Crippen LogP contribution is -2.31. The molecule has 0 aliphatic heterocycles. The molecule has 0 fully saturated rings. The number of benzene rings is 1. The van der Waals surface area contributed by atoms with Gasteiger partial charge < -0.3 is 15.8 Å². The van der Waals surface area contributed by atoms with Crippen LogP contribution in [0.4, 0.5) is 4.79 Å². The molecule has 0 spiro atoms. The van der Waals surface area contributed by atoms with Gasteiger partial charge in [0.1, 0.15) is 6.10 Å². The number of carbonyl (C=O) groups excluding carboxylic acids is 1. The number of amides is 1. The van der Waals surface area contributed by atoms with Gasteiger partial charge in [0.25, 0.3) is 0 Å². The van der Waals surface area contributed by atoms with E-state index >= 15 is 0 Å². The van der Waals surface area contributed by atoms with Gasteiger partial charge in [-0.05, 0) is 17.5 Å². The van der Waals surface area contributed by atoms with Crippen molar-refractivity contribution in [2.24, 2.45) is 5.73 Å². The Bertz CT molecular complexity index is 379. The number of hydrogen-bond donors (Lipinski definition) is 2. The van der Waals surface area contributed by atoms with Crippen molar-refractivity contribution in [2.75, 3.05) is 7.05 Å². The first-order chi connectivity index (χ1) is 7.22. The van der Waals surface area contributed by atoms with E-state index in [0.717, 1.165) is 12.0 Å².